The van der Waals surface area contributed by atoms with Crippen molar-refractivity contribution in [1.82, 2.24) is 29.9 Å². The Morgan fingerprint density at radius 2 is 2.13 bits per heavy atom. The molecule has 1 atom stereocenters. The molecule has 2 aliphatic heterocycles. The highest BCUT2D eigenvalue weighted by Crippen LogP contribution is 2.22. The van der Waals surface area contributed by atoms with Gasteiger partial charge in [0.05, 0.1) is 6.04 Å². The van der Waals surface area contributed by atoms with Crippen LogP contribution < -0.4 is 5.32 Å². The molecule has 0 aliphatic carbocycles. The Kier molecular flexibility index (Phi) is 4.49. The van der Waals surface area contributed by atoms with Gasteiger partial charge in [-0.3, -0.25) is 4.79 Å². The maximum atomic E-state index is 12.5. The number of piperidine rings is 1. The summed E-state index contributed by atoms with van der Waals surface area (Å²) in [5.74, 6) is 1.66. The van der Waals surface area contributed by atoms with Crippen LogP contribution in [0.1, 0.15) is 37.0 Å². The van der Waals surface area contributed by atoms with Crippen molar-refractivity contribution in [2.24, 2.45) is 0 Å². The minimum absolute atomic E-state index is 0.0150. The number of likely N-dealkylation sites (tertiary alicyclic amines) is 1. The summed E-state index contributed by atoms with van der Waals surface area (Å²) in [4.78, 5) is 32.1. The predicted octanol–water partition coefficient (Wildman–Crippen LogP) is 0.474. The van der Waals surface area contributed by atoms with Crippen molar-refractivity contribution in [3.05, 3.63) is 11.6 Å². The Labute approximate surface area is 135 Å². The molecule has 0 saturated carbocycles. The van der Waals surface area contributed by atoms with Crippen molar-refractivity contribution in [1.29, 1.82) is 0 Å². The summed E-state index contributed by atoms with van der Waals surface area (Å²) in [6, 6.07) is 0.0324. The zero-order valence-electron chi connectivity index (χ0n) is 13.8. The van der Waals surface area contributed by atoms with Crippen LogP contribution in [-0.4, -0.2) is 69.2 Å². The SMILES string of the molecule is Cc1nc(C)n([C@H]2CCCN(C(=O)CN3CCCNC3=O)C2)n1. The van der Waals surface area contributed by atoms with E-state index in [1.165, 1.54) is 0 Å². The maximum absolute atomic E-state index is 12.5. The molecule has 3 rings (SSSR count). The van der Waals surface area contributed by atoms with Crippen molar-refractivity contribution in [3.8, 4) is 0 Å². The van der Waals surface area contributed by atoms with Crippen molar-refractivity contribution in [2.75, 3.05) is 32.7 Å². The molecule has 23 heavy (non-hydrogen) atoms. The molecule has 0 bridgehead atoms. The first kappa shape index (κ1) is 15.8. The van der Waals surface area contributed by atoms with Crippen LogP contribution >= 0.6 is 0 Å². The van der Waals surface area contributed by atoms with Crippen LogP contribution in [0.5, 0.6) is 0 Å². The van der Waals surface area contributed by atoms with Gasteiger partial charge in [0, 0.05) is 26.2 Å². The second-order valence-corrected chi connectivity index (χ2v) is 6.29. The van der Waals surface area contributed by atoms with E-state index >= 15 is 0 Å². The highest BCUT2D eigenvalue weighted by molar-refractivity contribution is 5.84. The lowest BCUT2D eigenvalue weighted by Crippen LogP contribution is -2.52. The van der Waals surface area contributed by atoms with Gasteiger partial charge in [0.2, 0.25) is 5.91 Å². The quantitative estimate of drug-likeness (QED) is 0.878. The molecule has 0 aromatic carbocycles. The maximum Gasteiger partial charge on any atom is 0.317 e. The van der Waals surface area contributed by atoms with Crippen LogP contribution in [-0.2, 0) is 4.79 Å². The number of aromatic nitrogens is 3. The third-order valence-electron chi connectivity index (χ3n) is 4.50. The highest BCUT2D eigenvalue weighted by Gasteiger charge is 2.29. The van der Waals surface area contributed by atoms with Crippen LogP contribution in [0.3, 0.4) is 0 Å². The van der Waals surface area contributed by atoms with E-state index in [1.807, 2.05) is 23.4 Å². The normalized spacial score (nSPS) is 22.2. The first-order valence-electron chi connectivity index (χ1n) is 8.25. The fourth-order valence-electron chi connectivity index (χ4n) is 3.36. The summed E-state index contributed by atoms with van der Waals surface area (Å²) < 4.78 is 1.93. The first-order valence-corrected chi connectivity index (χ1v) is 8.25. The Bertz CT molecular complexity index is 599. The largest absolute Gasteiger partial charge is 0.339 e. The Balaban J connectivity index is 1.62. The average molecular weight is 320 g/mol. The van der Waals surface area contributed by atoms with Gasteiger partial charge in [-0.25, -0.2) is 14.5 Å². The molecule has 2 aliphatic rings. The van der Waals surface area contributed by atoms with Gasteiger partial charge in [-0.15, -0.1) is 0 Å². The smallest absolute Gasteiger partial charge is 0.317 e. The van der Waals surface area contributed by atoms with Crippen LogP contribution in [0.25, 0.3) is 0 Å². The van der Waals surface area contributed by atoms with Crippen LogP contribution in [0.15, 0.2) is 0 Å². The van der Waals surface area contributed by atoms with E-state index in [1.54, 1.807) is 4.90 Å². The molecule has 0 radical (unpaired) electrons. The third kappa shape index (κ3) is 3.46. The average Bonchev–Trinajstić information content (AvgIpc) is 2.88. The lowest BCUT2D eigenvalue weighted by molar-refractivity contribution is -0.133. The van der Waals surface area contributed by atoms with Gasteiger partial charge >= 0.3 is 6.03 Å². The van der Waals surface area contributed by atoms with Crippen molar-refractivity contribution in [3.63, 3.8) is 0 Å². The van der Waals surface area contributed by atoms with Crippen molar-refractivity contribution < 1.29 is 9.59 Å². The van der Waals surface area contributed by atoms with Gasteiger partial charge < -0.3 is 15.1 Å². The number of hydrogen-bond acceptors (Lipinski definition) is 4. The molecule has 126 valence electrons. The number of rotatable bonds is 3. The summed E-state index contributed by atoms with van der Waals surface area (Å²) in [5.41, 5.74) is 0. The molecule has 1 N–H and O–H groups in total. The molecule has 1 aromatic rings. The number of hydrogen-bond donors (Lipinski definition) is 1. The first-order chi connectivity index (χ1) is 11.0. The fourth-order valence-corrected chi connectivity index (χ4v) is 3.36. The Hall–Kier alpha value is -2.12. The van der Waals surface area contributed by atoms with Crippen LogP contribution in [0.2, 0.25) is 0 Å². The van der Waals surface area contributed by atoms with Crippen LogP contribution in [0.4, 0.5) is 4.79 Å². The lowest BCUT2D eigenvalue weighted by atomic mass is 10.1. The molecule has 3 amide bonds. The van der Waals surface area contributed by atoms with E-state index < -0.39 is 0 Å². The zero-order valence-corrected chi connectivity index (χ0v) is 13.8. The number of nitrogens with zero attached hydrogens (tertiary/aromatic N) is 5. The predicted molar refractivity (Wildman–Crippen MR) is 83.9 cm³/mol. The van der Waals surface area contributed by atoms with Crippen LogP contribution in [0, 0.1) is 13.8 Å². The Morgan fingerprint density at radius 1 is 1.30 bits per heavy atom. The van der Waals surface area contributed by atoms with E-state index in [4.69, 9.17) is 0 Å². The van der Waals surface area contributed by atoms with Gasteiger partial charge in [0.1, 0.15) is 18.2 Å². The Morgan fingerprint density at radius 3 is 2.83 bits per heavy atom. The standard InChI is InChI=1S/C15H24N6O2/c1-11-17-12(2)21(18-11)13-5-3-7-19(9-13)14(22)10-20-8-4-6-16-15(20)23/h13H,3-10H2,1-2H3,(H,16,23)/t13-/m0/s1. The molecule has 2 saturated heterocycles. The number of carbonyl (C=O) groups excluding carboxylic acids is 2. The molecule has 3 heterocycles. The molecular formula is C15H24N6O2. The van der Waals surface area contributed by atoms with Gasteiger partial charge in [-0.1, -0.05) is 0 Å². The second kappa shape index (κ2) is 6.55. The highest BCUT2D eigenvalue weighted by atomic mass is 16.2. The van der Waals surface area contributed by atoms with Gasteiger partial charge in [-0.05, 0) is 33.1 Å². The van der Waals surface area contributed by atoms with E-state index in [0.29, 0.717) is 19.6 Å². The summed E-state index contributed by atoms with van der Waals surface area (Å²) in [7, 11) is 0. The molecule has 0 unspecified atom stereocenters. The summed E-state index contributed by atoms with van der Waals surface area (Å²) in [6.07, 6.45) is 2.83. The summed E-state index contributed by atoms with van der Waals surface area (Å²) in [5, 5.41) is 7.23. The fraction of sp³-hybridized carbons (Fsp3) is 0.733. The second-order valence-electron chi connectivity index (χ2n) is 6.29. The molecule has 8 nitrogen and oxygen atoms in total. The lowest BCUT2D eigenvalue weighted by Gasteiger charge is -2.35. The van der Waals surface area contributed by atoms with E-state index in [0.717, 1.165) is 37.5 Å². The van der Waals surface area contributed by atoms with E-state index in [2.05, 4.69) is 15.4 Å². The van der Waals surface area contributed by atoms with E-state index in [-0.39, 0.29) is 24.5 Å². The molecule has 2 fully saturated rings. The monoisotopic (exact) mass is 320 g/mol. The number of aryl methyl sites for hydroxylation is 2. The van der Waals surface area contributed by atoms with Gasteiger partial charge in [0.15, 0.2) is 0 Å². The molecular weight excluding hydrogens is 296 g/mol. The number of carbonyl (C=O) groups is 2. The van der Waals surface area contributed by atoms with Gasteiger partial charge in [0.25, 0.3) is 0 Å². The minimum atomic E-state index is -0.138. The van der Waals surface area contributed by atoms with Crippen molar-refractivity contribution in [2.45, 2.75) is 39.2 Å². The van der Waals surface area contributed by atoms with Crippen molar-refractivity contribution >= 4 is 11.9 Å². The molecule has 8 heteroatoms. The zero-order chi connectivity index (χ0) is 16.4. The molecule has 1 aromatic heterocycles. The van der Waals surface area contributed by atoms with Gasteiger partial charge in [-0.2, -0.15) is 5.10 Å². The third-order valence-corrected chi connectivity index (χ3v) is 4.50. The van der Waals surface area contributed by atoms with E-state index in [9.17, 15) is 9.59 Å². The number of urea groups is 1. The summed E-state index contributed by atoms with van der Waals surface area (Å²) in [6.45, 7) is 6.71. The number of amides is 3. The topological polar surface area (TPSA) is 83.4 Å². The molecule has 0 spiro atoms. The number of nitrogens with one attached hydrogen (secondary N) is 1. The summed E-state index contributed by atoms with van der Waals surface area (Å²) >= 11 is 0. The minimum Gasteiger partial charge on any atom is -0.339 e.